The fourth-order valence-corrected chi connectivity index (χ4v) is 4.16. The fraction of sp³-hybridized carbons (Fsp3) is 0.389. The Bertz CT molecular complexity index is 918. The average Bonchev–Trinajstić information content (AvgIpc) is 2.83. The Balaban J connectivity index is 1.57. The van der Waals surface area contributed by atoms with Crippen molar-refractivity contribution in [3.05, 3.63) is 46.2 Å². The average molecular weight is 397 g/mol. The summed E-state index contributed by atoms with van der Waals surface area (Å²) in [6, 6.07) is 5.79. The molecule has 1 saturated heterocycles. The van der Waals surface area contributed by atoms with Crippen molar-refractivity contribution < 1.29 is 18.0 Å². The third-order valence-electron chi connectivity index (χ3n) is 5.17. The third kappa shape index (κ3) is 3.34. The molecule has 2 aliphatic rings. The van der Waals surface area contributed by atoms with Crippen LogP contribution in [0.15, 0.2) is 24.4 Å². The van der Waals surface area contributed by atoms with Crippen LogP contribution in [0.5, 0.6) is 0 Å². The van der Waals surface area contributed by atoms with Crippen LogP contribution in [0.2, 0.25) is 5.15 Å². The van der Waals surface area contributed by atoms with Gasteiger partial charge in [0.05, 0.1) is 0 Å². The van der Waals surface area contributed by atoms with Gasteiger partial charge in [-0.1, -0.05) is 17.7 Å². The van der Waals surface area contributed by atoms with Crippen molar-refractivity contribution in [2.75, 3.05) is 18.4 Å². The normalized spacial score (nSPS) is 21.1. The van der Waals surface area contributed by atoms with Gasteiger partial charge in [0.15, 0.2) is 0 Å². The number of likely N-dealkylation sites (tertiary alicyclic amines) is 1. The Labute approximate surface area is 158 Å². The van der Waals surface area contributed by atoms with E-state index in [9.17, 15) is 18.0 Å². The predicted octanol–water partition coefficient (Wildman–Crippen LogP) is 4.33. The molecule has 142 valence electrons. The lowest BCUT2D eigenvalue weighted by molar-refractivity contribution is -0.138. The quantitative estimate of drug-likeness (QED) is 0.768. The van der Waals surface area contributed by atoms with E-state index in [1.165, 1.54) is 5.56 Å². The van der Waals surface area contributed by atoms with Crippen LogP contribution in [0, 0.1) is 0 Å². The van der Waals surface area contributed by atoms with Gasteiger partial charge in [0.1, 0.15) is 10.7 Å². The van der Waals surface area contributed by atoms with Crippen LogP contribution >= 0.6 is 11.6 Å². The van der Waals surface area contributed by atoms with Crippen LogP contribution < -0.4 is 5.32 Å². The summed E-state index contributed by atoms with van der Waals surface area (Å²) in [5.74, 6) is 0.665. The number of hydrogen-bond acceptors (Lipinski definition) is 4. The Hall–Kier alpha value is -2.35. The summed E-state index contributed by atoms with van der Waals surface area (Å²) >= 11 is 5.64. The minimum atomic E-state index is -4.59. The first-order valence-electron chi connectivity index (χ1n) is 8.48. The zero-order valence-electron chi connectivity index (χ0n) is 14.3. The standard InChI is InChI=1S/C18H16ClF3N4O/c1-9(27)26-7-10-4-11(8-26)14-5-12(2-3-13(10)14)24-17-23-6-15(16(19)25-17)18(20,21)22/h2-3,5-6,10-11H,4,7-8H2,1H3,(H,23,24,25). The molecule has 0 saturated carbocycles. The van der Waals surface area contributed by atoms with Gasteiger partial charge in [-0.05, 0) is 29.7 Å². The second-order valence-corrected chi connectivity index (χ2v) is 7.28. The molecule has 5 nitrogen and oxygen atoms in total. The minimum absolute atomic E-state index is 0.000665. The minimum Gasteiger partial charge on any atom is -0.342 e. The first-order valence-corrected chi connectivity index (χ1v) is 8.86. The smallest absolute Gasteiger partial charge is 0.342 e. The Morgan fingerprint density at radius 1 is 1.26 bits per heavy atom. The van der Waals surface area contributed by atoms with Crippen LogP contribution in [-0.4, -0.2) is 33.9 Å². The maximum atomic E-state index is 12.8. The number of fused-ring (bicyclic) bond motifs is 5. The number of halogens is 4. The number of alkyl halides is 3. The van der Waals surface area contributed by atoms with E-state index in [-0.39, 0.29) is 17.8 Å². The van der Waals surface area contributed by atoms with E-state index in [0.717, 1.165) is 18.5 Å². The number of hydrogen-bond donors (Lipinski definition) is 1. The van der Waals surface area contributed by atoms with Gasteiger partial charge in [0, 0.05) is 43.7 Å². The Kier molecular flexibility index (Phi) is 4.25. The SMILES string of the molecule is CC(=O)N1CC2CC(C1)c1cc(Nc3ncc(C(F)(F)F)c(Cl)n3)ccc12. The summed E-state index contributed by atoms with van der Waals surface area (Å²) in [6.45, 7) is 2.99. The Morgan fingerprint density at radius 2 is 1.96 bits per heavy atom. The number of carbonyl (C=O) groups is 1. The summed E-state index contributed by atoms with van der Waals surface area (Å²) < 4.78 is 38.3. The van der Waals surface area contributed by atoms with Crippen LogP contribution in [0.1, 0.15) is 41.9 Å². The summed E-state index contributed by atoms with van der Waals surface area (Å²) in [5.41, 5.74) is 1.99. The van der Waals surface area contributed by atoms with Gasteiger partial charge < -0.3 is 10.2 Å². The number of piperidine rings is 1. The molecule has 0 radical (unpaired) electrons. The molecule has 1 aliphatic heterocycles. The van der Waals surface area contributed by atoms with Crippen LogP contribution in [0.25, 0.3) is 0 Å². The number of carbonyl (C=O) groups excluding carboxylic acids is 1. The molecule has 0 spiro atoms. The van der Waals surface area contributed by atoms with E-state index < -0.39 is 16.9 Å². The number of nitrogens with one attached hydrogen (secondary N) is 1. The van der Waals surface area contributed by atoms with E-state index in [1.807, 2.05) is 23.1 Å². The van der Waals surface area contributed by atoms with Crippen molar-refractivity contribution in [3.63, 3.8) is 0 Å². The molecule has 2 aromatic rings. The number of aromatic nitrogens is 2. The van der Waals surface area contributed by atoms with Gasteiger partial charge in [-0.25, -0.2) is 9.97 Å². The van der Waals surface area contributed by atoms with E-state index in [0.29, 0.717) is 24.3 Å². The lowest BCUT2D eigenvalue weighted by Gasteiger charge is -2.31. The zero-order chi connectivity index (χ0) is 19.3. The largest absolute Gasteiger partial charge is 0.420 e. The predicted molar refractivity (Wildman–Crippen MR) is 94.1 cm³/mol. The van der Waals surface area contributed by atoms with Gasteiger partial charge in [-0.3, -0.25) is 4.79 Å². The van der Waals surface area contributed by atoms with Crippen molar-refractivity contribution >= 4 is 29.1 Å². The molecule has 2 heterocycles. The number of rotatable bonds is 2. The second kappa shape index (κ2) is 6.37. The number of benzene rings is 1. The molecular formula is C18H16ClF3N4O. The molecule has 4 rings (SSSR count). The van der Waals surface area contributed by atoms with Crippen LogP contribution in [0.3, 0.4) is 0 Å². The molecule has 2 bridgehead atoms. The van der Waals surface area contributed by atoms with Gasteiger partial charge in [-0.15, -0.1) is 0 Å². The molecule has 2 unspecified atom stereocenters. The lowest BCUT2D eigenvalue weighted by Crippen LogP contribution is -2.38. The number of amides is 1. The monoisotopic (exact) mass is 396 g/mol. The van der Waals surface area contributed by atoms with Crippen LogP contribution in [0.4, 0.5) is 24.8 Å². The highest BCUT2D eigenvalue weighted by molar-refractivity contribution is 6.30. The molecule has 1 fully saturated rings. The second-order valence-electron chi connectivity index (χ2n) is 6.92. The summed E-state index contributed by atoms with van der Waals surface area (Å²) in [5, 5.41) is 2.27. The zero-order valence-corrected chi connectivity index (χ0v) is 15.1. The van der Waals surface area contributed by atoms with Crippen molar-refractivity contribution in [2.24, 2.45) is 0 Å². The third-order valence-corrected chi connectivity index (χ3v) is 5.45. The fourth-order valence-electron chi connectivity index (χ4n) is 3.93. The molecule has 9 heteroatoms. The Morgan fingerprint density at radius 3 is 2.59 bits per heavy atom. The molecule has 1 aliphatic carbocycles. The van der Waals surface area contributed by atoms with Crippen molar-refractivity contribution in [2.45, 2.75) is 31.4 Å². The molecular weight excluding hydrogens is 381 g/mol. The first kappa shape index (κ1) is 18.0. The topological polar surface area (TPSA) is 58.1 Å². The van der Waals surface area contributed by atoms with Crippen molar-refractivity contribution in [1.82, 2.24) is 14.9 Å². The van der Waals surface area contributed by atoms with Gasteiger partial charge in [0.2, 0.25) is 11.9 Å². The van der Waals surface area contributed by atoms with E-state index >= 15 is 0 Å². The summed E-state index contributed by atoms with van der Waals surface area (Å²) in [4.78, 5) is 21.0. The maximum absolute atomic E-state index is 12.8. The molecule has 1 aromatic heterocycles. The summed E-state index contributed by atoms with van der Waals surface area (Å²) in [6.07, 6.45) is -2.92. The van der Waals surface area contributed by atoms with Gasteiger partial charge >= 0.3 is 6.18 Å². The van der Waals surface area contributed by atoms with Crippen molar-refractivity contribution in [1.29, 1.82) is 0 Å². The number of nitrogens with zero attached hydrogens (tertiary/aromatic N) is 3. The van der Waals surface area contributed by atoms with Gasteiger partial charge in [0.25, 0.3) is 0 Å². The van der Waals surface area contributed by atoms with Crippen LogP contribution in [-0.2, 0) is 11.0 Å². The summed E-state index contributed by atoms with van der Waals surface area (Å²) in [7, 11) is 0. The highest BCUT2D eigenvalue weighted by Gasteiger charge is 2.38. The molecule has 1 aromatic carbocycles. The highest BCUT2D eigenvalue weighted by Crippen LogP contribution is 2.46. The maximum Gasteiger partial charge on any atom is 0.420 e. The highest BCUT2D eigenvalue weighted by atomic mass is 35.5. The van der Waals surface area contributed by atoms with E-state index in [1.54, 1.807) is 6.92 Å². The molecule has 1 N–H and O–H groups in total. The first-order chi connectivity index (χ1) is 12.7. The molecule has 27 heavy (non-hydrogen) atoms. The van der Waals surface area contributed by atoms with E-state index in [4.69, 9.17) is 11.6 Å². The van der Waals surface area contributed by atoms with E-state index in [2.05, 4.69) is 15.3 Å². The molecule has 1 amide bonds. The lowest BCUT2D eigenvalue weighted by atomic mass is 9.96. The number of anilines is 2. The molecule has 2 atom stereocenters. The van der Waals surface area contributed by atoms with Crippen molar-refractivity contribution in [3.8, 4) is 0 Å². The van der Waals surface area contributed by atoms with Gasteiger partial charge in [-0.2, -0.15) is 13.2 Å².